The number of nitrogens with one attached hydrogen (secondary N) is 1. The fourth-order valence-corrected chi connectivity index (χ4v) is 2.14. The van der Waals surface area contributed by atoms with E-state index < -0.39 is 18.9 Å². The van der Waals surface area contributed by atoms with E-state index in [2.05, 4.69) is 15.4 Å². The molecule has 0 aliphatic carbocycles. The molecule has 1 N–H and O–H groups in total. The molecule has 0 atom stereocenters. The van der Waals surface area contributed by atoms with Crippen molar-refractivity contribution in [2.75, 3.05) is 18.5 Å². The third kappa shape index (κ3) is 2.93. The zero-order chi connectivity index (χ0) is 15.6. The Bertz CT molecular complexity index is 670. The average Bonchev–Trinajstić information content (AvgIpc) is 2.71. The van der Waals surface area contributed by atoms with Crippen LogP contribution in [0.1, 0.15) is 23.0 Å². The number of anilines is 1. The van der Waals surface area contributed by atoms with E-state index >= 15 is 0 Å². The molecule has 0 aliphatic heterocycles. The van der Waals surface area contributed by atoms with E-state index in [0.29, 0.717) is 16.7 Å². The van der Waals surface area contributed by atoms with Crippen molar-refractivity contribution in [1.29, 1.82) is 0 Å². The Morgan fingerprint density at radius 1 is 1.52 bits per heavy atom. The number of hydrogen-bond donors (Lipinski definition) is 1. The summed E-state index contributed by atoms with van der Waals surface area (Å²) in [6, 6.07) is 0. The second-order valence-electron chi connectivity index (χ2n) is 4.45. The second-order valence-corrected chi connectivity index (χ2v) is 4.45. The molecule has 6 nitrogen and oxygen atoms in total. The molecular weight excluding hydrogens is 282 g/mol. The van der Waals surface area contributed by atoms with Gasteiger partial charge in [0.2, 0.25) is 0 Å². The highest BCUT2D eigenvalue weighted by Gasteiger charge is 2.21. The molecule has 0 aromatic carbocycles. The molecule has 21 heavy (non-hydrogen) atoms. The molecule has 2 aromatic heterocycles. The number of aromatic nitrogens is 3. The molecule has 0 unspecified atom stereocenters. The molecule has 0 aliphatic rings. The van der Waals surface area contributed by atoms with Gasteiger partial charge in [0.15, 0.2) is 5.65 Å². The van der Waals surface area contributed by atoms with Crippen molar-refractivity contribution in [3.8, 4) is 0 Å². The summed E-state index contributed by atoms with van der Waals surface area (Å²) in [7, 11) is 1.70. The van der Waals surface area contributed by atoms with Gasteiger partial charge in [0.25, 0.3) is 6.43 Å². The minimum atomic E-state index is -2.54. The van der Waals surface area contributed by atoms with Gasteiger partial charge in [-0.1, -0.05) is 0 Å². The topological polar surface area (TPSA) is 69.0 Å². The zero-order valence-electron chi connectivity index (χ0n) is 12.0. The Hall–Kier alpha value is -2.25. The van der Waals surface area contributed by atoms with Crippen LogP contribution in [0.4, 0.5) is 14.5 Å². The second kappa shape index (κ2) is 6.02. The number of nitrogens with zero attached hydrogens (tertiary/aromatic N) is 3. The molecule has 0 fully saturated rings. The highest BCUT2D eigenvalue weighted by Crippen LogP contribution is 2.29. The summed E-state index contributed by atoms with van der Waals surface area (Å²) < 4.78 is 31.5. The van der Waals surface area contributed by atoms with Crippen LogP contribution in [0.3, 0.4) is 0 Å². The maximum atomic E-state index is 12.5. The molecule has 0 radical (unpaired) electrons. The first kappa shape index (κ1) is 15.1. The highest BCUT2D eigenvalue weighted by molar-refractivity contribution is 6.05. The normalized spacial score (nSPS) is 11.1. The van der Waals surface area contributed by atoms with Crippen molar-refractivity contribution in [1.82, 2.24) is 14.8 Å². The summed E-state index contributed by atoms with van der Waals surface area (Å²) in [5.74, 6) is -0.605. The number of hydrogen-bond acceptors (Lipinski definition) is 5. The molecule has 0 bridgehead atoms. The van der Waals surface area contributed by atoms with E-state index in [1.807, 2.05) is 0 Å². The number of fused-ring (bicyclic) bond motifs is 1. The lowest BCUT2D eigenvalue weighted by Crippen LogP contribution is -2.15. The number of carbonyl (C=O) groups is 1. The lowest BCUT2D eigenvalue weighted by molar-refractivity contribution is 0.0527. The van der Waals surface area contributed by atoms with Gasteiger partial charge in [-0.25, -0.2) is 18.6 Å². The van der Waals surface area contributed by atoms with Gasteiger partial charge < -0.3 is 10.1 Å². The molecule has 0 amide bonds. The predicted molar refractivity (Wildman–Crippen MR) is 73.7 cm³/mol. The molecule has 0 saturated carbocycles. The maximum absolute atomic E-state index is 12.5. The molecule has 2 aromatic rings. The minimum absolute atomic E-state index is 0.126. The number of aryl methyl sites for hydroxylation is 2. The highest BCUT2D eigenvalue weighted by atomic mass is 19.3. The Balaban J connectivity index is 2.59. The van der Waals surface area contributed by atoms with E-state index in [4.69, 9.17) is 4.74 Å². The number of rotatable bonds is 5. The van der Waals surface area contributed by atoms with Crippen molar-refractivity contribution < 1.29 is 18.3 Å². The minimum Gasteiger partial charge on any atom is -0.462 e. The summed E-state index contributed by atoms with van der Waals surface area (Å²) >= 11 is 0. The fourth-order valence-electron chi connectivity index (χ4n) is 2.14. The number of halogens is 2. The Morgan fingerprint density at radius 3 is 2.86 bits per heavy atom. The molecule has 0 saturated heterocycles. The van der Waals surface area contributed by atoms with Gasteiger partial charge in [-0.2, -0.15) is 5.10 Å². The van der Waals surface area contributed by atoms with E-state index in [9.17, 15) is 13.6 Å². The number of esters is 1. The average molecular weight is 298 g/mol. The van der Waals surface area contributed by atoms with E-state index in [0.717, 1.165) is 0 Å². The largest absolute Gasteiger partial charge is 0.462 e. The van der Waals surface area contributed by atoms with E-state index in [1.165, 1.54) is 10.9 Å². The monoisotopic (exact) mass is 298 g/mol. The van der Waals surface area contributed by atoms with Crippen LogP contribution in [0.2, 0.25) is 0 Å². The van der Waals surface area contributed by atoms with E-state index in [-0.39, 0.29) is 17.9 Å². The van der Waals surface area contributed by atoms with Crippen LogP contribution in [-0.2, 0) is 11.8 Å². The third-order valence-electron chi connectivity index (χ3n) is 2.96. The molecule has 8 heteroatoms. The van der Waals surface area contributed by atoms with Crippen molar-refractivity contribution in [2.24, 2.45) is 7.05 Å². The quantitative estimate of drug-likeness (QED) is 0.856. The van der Waals surface area contributed by atoms with Crippen molar-refractivity contribution in [3.63, 3.8) is 0 Å². The van der Waals surface area contributed by atoms with Crippen LogP contribution in [-0.4, -0.2) is 40.3 Å². The first-order valence-corrected chi connectivity index (χ1v) is 6.47. The summed E-state index contributed by atoms with van der Waals surface area (Å²) in [5.41, 5.74) is 1.52. The smallest absolute Gasteiger partial charge is 0.341 e. The van der Waals surface area contributed by atoms with Crippen LogP contribution in [0.15, 0.2) is 6.20 Å². The number of pyridine rings is 1. The number of carbonyl (C=O) groups excluding carboxylic acids is 1. The lowest BCUT2D eigenvalue weighted by atomic mass is 10.1. The van der Waals surface area contributed by atoms with Crippen molar-refractivity contribution >= 4 is 22.7 Å². The van der Waals surface area contributed by atoms with Crippen LogP contribution in [0, 0.1) is 6.92 Å². The third-order valence-corrected chi connectivity index (χ3v) is 2.96. The summed E-state index contributed by atoms with van der Waals surface area (Å²) in [5, 5.41) is 7.35. The summed E-state index contributed by atoms with van der Waals surface area (Å²) in [4.78, 5) is 16.1. The standard InChI is InChI=1S/C13H16F2N4O2/c1-4-21-13(20)8-5-17-12-10(7(2)18-19(12)3)11(8)16-6-9(14)15/h5,9H,4,6H2,1-3H3,(H,16,17). The fraction of sp³-hybridized carbons (Fsp3) is 0.462. The molecule has 0 spiro atoms. The van der Waals surface area contributed by atoms with Gasteiger partial charge in [0.1, 0.15) is 5.56 Å². The van der Waals surface area contributed by atoms with Crippen molar-refractivity contribution in [2.45, 2.75) is 20.3 Å². The van der Waals surface area contributed by atoms with Crippen LogP contribution >= 0.6 is 0 Å². The molecule has 2 rings (SSSR count). The molecule has 114 valence electrons. The zero-order valence-corrected chi connectivity index (χ0v) is 12.0. The summed E-state index contributed by atoms with van der Waals surface area (Å²) in [6.45, 7) is 3.02. The first-order valence-electron chi connectivity index (χ1n) is 6.47. The predicted octanol–water partition coefficient (Wildman–Crippen LogP) is 2.13. The SMILES string of the molecule is CCOC(=O)c1cnc2c(c(C)nn2C)c1NCC(F)F. The van der Waals surface area contributed by atoms with Crippen LogP contribution < -0.4 is 5.32 Å². The van der Waals surface area contributed by atoms with Gasteiger partial charge in [0, 0.05) is 13.2 Å². The Kier molecular flexibility index (Phi) is 4.35. The lowest BCUT2D eigenvalue weighted by Gasteiger charge is -2.12. The van der Waals surface area contributed by atoms with E-state index in [1.54, 1.807) is 20.9 Å². The van der Waals surface area contributed by atoms with Crippen LogP contribution in [0.5, 0.6) is 0 Å². The Morgan fingerprint density at radius 2 is 2.24 bits per heavy atom. The maximum Gasteiger partial charge on any atom is 0.341 e. The number of alkyl halides is 2. The van der Waals surface area contributed by atoms with Gasteiger partial charge in [-0.3, -0.25) is 4.68 Å². The van der Waals surface area contributed by atoms with Gasteiger partial charge in [0.05, 0.1) is 29.9 Å². The molecule has 2 heterocycles. The van der Waals surface area contributed by atoms with Gasteiger partial charge in [-0.15, -0.1) is 0 Å². The van der Waals surface area contributed by atoms with Crippen molar-refractivity contribution in [3.05, 3.63) is 17.5 Å². The molecular formula is C13H16F2N4O2. The first-order chi connectivity index (χ1) is 9.95. The van der Waals surface area contributed by atoms with Crippen LogP contribution in [0.25, 0.3) is 11.0 Å². The number of ether oxygens (including phenoxy) is 1. The summed E-state index contributed by atoms with van der Waals surface area (Å²) in [6.07, 6.45) is -1.23. The van der Waals surface area contributed by atoms with Gasteiger partial charge >= 0.3 is 5.97 Å². The van der Waals surface area contributed by atoms with Gasteiger partial charge in [-0.05, 0) is 13.8 Å². The Labute approximate surface area is 120 Å².